The highest BCUT2D eigenvalue weighted by Gasteiger charge is 2.42. The topological polar surface area (TPSA) is 12.0 Å². The molecule has 2 aliphatic rings. The van der Waals surface area contributed by atoms with E-state index in [1.165, 1.54) is 38.6 Å². The SMILES string of the molecule is C1CCC2(CC2)NC1.CC.CC. The number of piperidine rings is 1. The monoisotopic (exact) mass is 171 g/mol. The fourth-order valence-corrected chi connectivity index (χ4v) is 1.61. The van der Waals surface area contributed by atoms with Crippen molar-refractivity contribution in [2.45, 2.75) is 65.3 Å². The second kappa shape index (κ2) is 6.47. The average molecular weight is 171 g/mol. The van der Waals surface area contributed by atoms with Gasteiger partial charge in [0.2, 0.25) is 0 Å². The van der Waals surface area contributed by atoms with Crippen LogP contribution in [0.5, 0.6) is 0 Å². The van der Waals surface area contributed by atoms with Crippen molar-refractivity contribution in [2.24, 2.45) is 0 Å². The van der Waals surface area contributed by atoms with Crippen LogP contribution < -0.4 is 5.32 Å². The molecule has 1 heteroatoms. The van der Waals surface area contributed by atoms with E-state index in [0.717, 1.165) is 0 Å². The lowest BCUT2D eigenvalue weighted by atomic mass is 10.0. The largest absolute Gasteiger partial charge is 0.311 e. The van der Waals surface area contributed by atoms with E-state index in [4.69, 9.17) is 0 Å². The van der Waals surface area contributed by atoms with Gasteiger partial charge in [-0.15, -0.1) is 0 Å². The summed E-state index contributed by atoms with van der Waals surface area (Å²) in [7, 11) is 0. The zero-order chi connectivity index (χ0) is 9.45. The highest BCUT2D eigenvalue weighted by molar-refractivity contribution is 5.03. The first-order valence-corrected chi connectivity index (χ1v) is 5.66. The van der Waals surface area contributed by atoms with Crippen LogP contribution in [-0.4, -0.2) is 12.1 Å². The van der Waals surface area contributed by atoms with Crippen LogP contribution in [0, 0.1) is 0 Å². The molecule has 1 spiro atoms. The predicted molar refractivity (Wildman–Crippen MR) is 56.5 cm³/mol. The van der Waals surface area contributed by atoms with Crippen LogP contribution in [0.4, 0.5) is 0 Å². The van der Waals surface area contributed by atoms with Gasteiger partial charge in [-0.25, -0.2) is 0 Å². The minimum absolute atomic E-state index is 0.679. The van der Waals surface area contributed by atoms with Gasteiger partial charge in [-0.3, -0.25) is 0 Å². The Kier molecular flexibility index (Phi) is 6.45. The molecular weight excluding hydrogens is 146 g/mol. The van der Waals surface area contributed by atoms with E-state index in [1.807, 2.05) is 27.7 Å². The second-order valence-corrected chi connectivity index (χ2v) is 3.16. The molecule has 1 heterocycles. The Morgan fingerprint density at radius 3 is 1.67 bits per heavy atom. The Morgan fingerprint density at radius 1 is 0.833 bits per heavy atom. The van der Waals surface area contributed by atoms with Crippen molar-refractivity contribution in [3.63, 3.8) is 0 Å². The van der Waals surface area contributed by atoms with Crippen LogP contribution in [0.15, 0.2) is 0 Å². The van der Waals surface area contributed by atoms with Crippen LogP contribution in [-0.2, 0) is 0 Å². The third-order valence-corrected chi connectivity index (χ3v) is 2.44. The summed E-state index contributed by atoms with van der Waals surface area (Å²) >= 11 is 0. The first kappa shape index (κ1) is 12.0. The summed E-state index contributed by atoms with van der Waals surface area (Å²) in [6.07, 6.45) is 7.22. The van der Waals surface area contributed by atoms with Gasteiger partial charge in [0.15, 0.2) is 0 Å². The van der Waals surface area contributed by atoms with Crippen LogP contribution >= 0.6 is 0 Å². The highest BCUT2D eigenvalue weighted by atomic mass is 15.0. The maximum absolute atomic E-state index is 3.57. The molecule has 0 radical (unpaired) electrons. The molecule has 1 N–H and O–H groups in total. The molecule has 0 aromatic carbocycles. The first-order valence-electron chi connectivity index (χ1n) is 5.66. The summed E-state index contributed by atoms with van der Waals surface area (Å²) in [5, 5.41) is 3.57. The van der Waals surface area contributed by atoms with Crippen molar-refractivity contribution in [2.75, 3.05) is 6.54 Å². The van der Waals surface area contributed by atoms with Crippen molar-refractivity contribution < 1.29 is 0 Å². The van der Waals surface area contributed by atoms with Gasteiger partial charge in [-0.1, -0.05) is 34.1 Å². The molecule has 0 unspecified atom stereocenters. The van der Waals surface area contributed by atoms with E-state index in [0.29, 0.717) is 5.54 Å². The maximum atomic E-state index is 3.57. The molecule has 1 saturated carbocycles. The van der Waals surface area contributed by atoms with Crippen LogP contribution in [0.2, 0.25) is 0 Å². The Hall–Kier alpha value is -0.0400. The molecule has 0 aromatic heterocycles. The van der Waals surface area contributed by atoms with Crippen molar-refractivity contribution in [1.29, 1.82) is 0 Å². The van der Waals surface area contributed by atoms with Gasteiger partial charge in [0.1, 0.15) is 0 Å². The smallest absolute Gasteiger partial charge is 0.0182 e. The third kappa shape index (κ3) is 3.57. The lowest BCUT2D eigenvalue weighted by Crippen LogP contribution is -2.35. The Bertz CT molecular complexity index is 87.2. The Morgan fingerprint density at radius 2 is 1.42 bits per heavy atom. The van der Waals surface area contributed by atoms with Gasteiger partial charge in [-0.2, -0.15) is 0 Å². The molecule has 1 aliphatic heterocycles. The number of hydrogen-bond donors (Lipinski definition) is 1. The zero-order valence-corrected chi connectivity index (χ0v) is 9.24. The lowest BCUT2D eigenvalue weighted by molar-refractivity contribution is 0.385. The summed E-state index contributed by atoms with van der Waals surface area (Å²) in [5.74, 6) is 0. The molecule has 0 amide bonds. The summed E-state index contributed by atoms with van der Waals surface area (Å²) in [6.45, 7) is 9.28. The van der Waals surface area contributed by atoms with Crippen molar-refractivity contribution >= 4 is 0 Å². The number of rotatable bonds is 0. The van der Waals surface area contributed by atoms with Gasteiger partial charge in [0, 0.05) is 5.54 Å². The minimum atomic E-state index is 0.679. The molecule has 0 bridgehead atoms. The molecule has 1 saturated heterocycles. The summed E-state index contributed by atoms with van der Waals surface area (Å²) < 4.78 is 0. The standard InChI is InChI=1S/C7H13N.2C2H6/c1-2-6-8-7(3-1)4-5-7;2*1-2/h8H,1-6H2;2*1-2H3. The van der Waals surface area contributed by atoms with Gasteiger partial charge >= 0.3 is 0 Å². The number of nitrogens with one attached hydrogen (secondary N) is 1. The van der Waals surface area contributed by atoms with E-state index in [1.54, 1.807) is 0 Å². The molecule has 2 rings (SSSR count). The summed E-state index contributed by atoms with van der Waals surface area (Å²) in [4.78, 5) is 0. The van der Waals surface area contributed by atoms with Gasteiger partial charge in [-0.05, 0) is 32.2 Å². The van der Waals surface area contributed by atoms with Crippen LogP contribution in [0.1, 0.15) is 59.8 Å². The Balaban J connectivity index is 0.000000269. The van der Waals surface area contributed by atoms with Crippen LogP contribution in [0.25, 0.3) is 0 Å². The fraction of sp³-hybridized carbons (Fsp3) is 1.00. The zero-order valence-electron chi connectivity index (χ0n) is 9.24. The van der Waals surface area contributed by atoms with Gasteiger partial charge in [0.05, 0.1) is 0 Å². The minimum Gasteiger partial charge on any atom is -0.311 e. The normalized spacial score (nSPS) is 23.0. The molecule has 1 aliphatic carbocycles. The first-order chi connectivity index (χ1) is 5.91. The molecule has 0 atom stereocenters. The van der Waals surface area contributed by atoms with E-state index < -0.39 is 0 Å². The van der Waals surface area contributed by atoms with E-state index in [-0.39, 0.29) is 0 Å². The third-order valence-electron chi connectivity index (χ3n) is 2.44. The summed E-state index contributed by atoms with van der Waals surface area (Å²) in [6, 6.07) is 0. The predicted octanol–water partition coefficient (Wildman–Crippen LogP) is 3.34. The molecule has 2 fully saturated rings. The molecule has 74 valence electrons. The quantitative estimate of drug-likeness (QED) is 0.589. The van der Waals surface area contributed by atoms with E-state index in [9.17, 15) is 0 Å². The molecule has 1 nitrogen and oxygen atoms in total. The second-order valence-electron chi connectivity index (χ2n) is 3.16. The molecular formula is C11H25N. The summed E-state index contributed by atoms with van der Waals surface area (Å²) in [5.41, 5.74) is 0.679. The maximum Gasteiger partial charge on any atom is 0.0182 e. The highest BCUT2D eigenvalue weighted by Crippen LogP contribution is 2.41. The Labute approximate surface area is 77.9 Å². The van der Waals surface area contributed by atoms with E-state index in [2.05, 4.69) is 5.32 Å². The van der Waals surface area contributed by atoms with Crippen molar-refractivity contribution in [3.8, 4) is 0 Å². The molecule has 0 aromatic rings. The average Bonchev–Trinajstić information content (AvgIpc) is 2.93. The molecule has 12 heavy (non-hydrogen) atoms. The van der Waals surface area contributed by atoms with Crippen molar-refractivity contribution in [3.05, 3.63) is 0 Å². The van der Waals surface area contributed by atoms with Crippen LogP contribution in [0.3, 0.4) is 0 Å². The number of hydrogen-bond acceptors (Lipinski definition) is 1. The van der Waals surface area contributed by atoms with E-state index >= 15 is 0 Å². The lowest BCUT2D eigenvalue weighted by Gasteiger charge is -2.22. The van der Waals surface area contributed by atoms with Crippen molar-refractivity contribution in [1.82, 2.24) is 5.32 Å². The van der Waals surface area contributed by atoms with Gasteiger partial charge < -0.3 is 5.32 Å². The van der Waals surface area contributed by atoms with Gasteiger partial charge in [0.25, 0.3) is 0 Å². The fourth-order valence-electron chi connectivity index (χ4n) is 1.61.